The van der Waals surface area contributed by atoms with Gasteiger partial charge in [0.2, 0.25) is 0 Å². The molecule has 0 fully saturated rings. The van der Waals surface area contributed by atoms with Gasteiger partial charge in [0.05, 0.1) is 23.1 Å². The quantitative estimate of drug-likeness (QED) is 0.571. The molecule has 1 aliphatic heterocycles. The summed E-state index contributed by atoms with van der Waals surface area (Å²) in [7, 11) is 0. The van der Waals surface area contributed by atoms with E-state index in [1.807, 2.05) is 12.1 Å². The van der Waals surface area contributed by atoms with Crippen molar-refractivity contribution in [2.45, 2.75) is 12.5 Å². The van der Waals surface area contributed by atoms with Crippen LogP contribution in [0.1, 0.15) is 23.6 Å². The fourth-order valence-corrected chi connectivity index (χ4v) is 3.29. The number of nitrogens with one attached hydrogen (secondary N) is 1. The number of anilines is 1. The van der Waals surface area contributed by atoms with E-state index in [9.17, 15) is 0 Å². The van der Waals surface area contributed by atoms with Crippen LogP contribution in [0.4, 0.5) is 11.4 Å². The van der Waals surface area contributed by atoms with E-state index < -0.39 is 0 Å². The number of para-hydroxylation sites is 2. The summed E-state index contributed by atoms with van der Waals surface area (Å²) >= 11 is 3.51. The lowest BCUT2D eigenvalue weighted by Gasteiger charge is -2.19. The van der Waals surface area contributed by atoms with E-state index in [0.717, 1.165) is 33.5 Å². The highest BCUT2D eigenvalue weighted by Crippen LogP contribution is 2.35. The molecule has 4 rings (SSSR count). The third-order valence-corrected chi connectivity index (χ3v) is 4.79. The number of aliphatic imine (C=N–C) groups is 1. The van der Waals surface area contributed by atoms with Gasteiger partial charge in [0.15, 0.2) is 0 Å². The lowest BCUT2D eigenvalue weighted by atomic mass is 9.97. The van der Waals surface area contributed by atoms with Gasteiger partial charge in [-0.3, -0.25) is 4.99 Å². The highest BCUT2D eigenvalue weighted by molar-refractivity contribution is 9.10. The Labute approximate surface area is 150 Å². The molecule has 0 amide bonds. The Morgan fingerprint density at radius 2 is 1.54 bits per heavy atom. The molecule has 3 aromatic rings. The molecular formula is C21H17BrN2. The van der Waals surface area contributed by atoms with Gasteiger partial charge in [-0.1, -0.05) is 70.5 Å². The summed E-state index contributed by atoms with van der Waals surface area (Å²) in [6.45, 7) is 0. The molecule has 3 aromatic carbocycles. The van der Waals surface area contributed by atoms with Crippen molar-refractivity contribution in [3.8, 4) is 0 Å². The topological polar surface area (TPSA) is 24.4 Å². The van der Waals surface area contributed by atoms with Gasteiger partial charge in [0.25, 0.3) is 0 Å². The molecule has 2 nitrogen and oxygen atoms in total. The maximum Gasteiger partial charge on any atom is 0.0864 e. The first-order chi connectivity index (χ1) is 11.8. The summed E-state index contributed by atoms with van der Waals surface area (Å²) in [4.78, 5) is 4.95. The number of hydrogen-bond acceptors (Lipinski definition) is 2. The van der Waals surface area contributed by atoms with Gasteiger partial charge in [-0.05, 0) is 35.4 Å². The van der Waals surface area contributed by atoms with E-state index >= 15 is 0 Å². The largest absolute Gasteiger partial charge is 0.376 e. The van der Waals surface area contributed by atoms with E-state index in [4.69, 9.17) is 4.99 Å². The SMILES string of the molecule is Brc1ccc(C2=Nc3ccccc3N[C@H](c3ccccc3)C2)cc1. The van der Waals surface area contributed by atoms with Crippen molar-refractivity contribution < 1.29 is 0 Å². The fraction of sp³-hybridized carbons (Fsp3) is 0.0952. The minimum atomic E-state index is 0.206. The maximum atomic E-state index is 4.95. The fourth-order valence-electron chi connectivity index (χ4n) is 3.03. The summed E-state index contributed by atoms with van der Waals surface area (Å²) in [5, 5.41) is 3.66. The van der Waals surface area contributed by atoms with E-state index in [2.05, 4.69) is 88.0 Å². The Bertz CT molecular complexity index is 870. The molecular weight excluding hydrogens is 360 g/mol. The van der Waals surface area contributed by atoms with E-state index in [1.54, 1.807) is 0 Å². The highest BCUT2D eigenvalue weighted by Gasteiger charge is 2.20. The number of hydrogen-bond donors (Lipinski definition) is 1. The number of benzene rings is 3. The van der Waals surface area contributed by atoms with Gasteiger partial charge in [-0.25, -0.2) is 0 Å². The molecule has 0 bridgehead atoms. The maximum absolute atomic E-state index is 4.95. The smallest absolute Gasteiger partial charge is 0.0864 e. The van der Waals surface area contributed by atoms with Crippen LogP contribution in [0.5, 0.6) is 0 Å². The van der Waals surface area contributed by atoms with E-state index in [-0.39, 0.29) is 6.04 Å². The number of fused-ring (bicyclic) bond motifs is 1. The lowest BCUT2D eigenvalue weighted by Crippen LogP contribution is -2.14. The number of rotatable bonds is 2. The van der Waals surface area contributed by atoms with Crippen LogP contribution in [0.25, 0.3) is 0 Å². The average molecular weight is 377 g/mol. The van der Waals surface area contributed by atoms with Gasteiger partial charge in [0, 0.05) is 10.9 Å². The van der Waals surface area contributed by atoms with Crippen LogP contribution in [0.15, 0.2) is 88.3 Å². The predicted molar refractivity (Wildman–Crippen MR) is 104 cm³/mol. The second-order valence-electron chi connectivity index (χ2n) is 5.89. The van der Waals surface area contributed by atoms with Gasteiger partial charge in [0.1, 0.15) is 0 Å². The Balaban J connectivity index is 1.80. The third kappa shape index (κ3) is 3.13. The molecule has 1 atom stereocenters. The Kier molecular flexibility index (Phi) is 4.18. The third-order valence-electron chi connectivity index (χ3n) is 4.27. The Morgan fingerprint density at radius 3 is 2.33 bits per heavy atom. The molecule has 0 saturated heterocycles. The second kappa shape index (κ2) is 6.62. The van der Waals surface area contributed by atoms with Crippen molar-refractivity contribution in [1.29, 1.82) is 0 Å². The van der Waals surface area contributed by atoms with E-state index in [1.165, 1.54) is 5.56 Å². The molecule has 0 unspecified atom stereocenters. The predicted octanol–water partition coefficient (Wildman–Crippen LogP) is 6.13. The molecule has 24 heavy (non-hydrogen) atoms. The first-order valence-electron chi connectivity index (χ1n) is 8.03. The van der Waals surface area contributed by atoms with Crippen LogP contribution in [-0.4, -0.2) is 5.71 Å². The summed E-state index contributed by atoms with van der Waals surface area (Å²) in [5.41, 5.74) is 5.62. The monoisotopic (exact) mass is 376 g/mol. The van der Waals surface area contributed by atoms with Crippen LogP contribution in [0.3, 0.4) is 0 Å². The molecule has 1 aliphatic rings. The minimum absolute atomic E-state index is 0.206. The highest BCUT2D eigenvalue weighted by atomic mass is 79.9. The Morgan fingerprint density at radius 1 is 0.833 bits per heavy atom. The summed E-state index contributed by atoms with van der Waals surface area (Å²) < 4.78 is 1.08. The molecule has 118 valence electrons. The normalized spacial score (nSPS) is 16.5. The van der Waals surface area contributed by atoms with Gasteiger partial charge < -0.3 is 5.32 Å². The molecule has 3 heteroatoms. The van der Waals surface area contributed by atoms with Crippen LogP contribution in [-0.2, 0) is 0 Å². The first-order valence-corrected chi connectivity index (χ1v) is 8.83. The molecule has 1 heterocycles. The van der Waals surface area contributed by atoms with Crippen LogP contribution in [0.2, 0.25) is 0 Å². The Hall–Kier alpha value is -2.39. The lowest BCUT2D eigenvalue weighted by molar-refractivity contribution is 0.828. The molecule has 0 radical (unpaired) electrons. The summed E-state index contributed by atoms with van der Waals surface area (Å²) in [6, 6.07) is 27.4. The molecule has 0 saturated carbocycles. The minimum Gasteiger partial charge on any atom is -0.376 e. The van der Waals surface area contributed by atoms with Gasteiger partial charge in [-0.2, -0.15) is 0 Å². The van der Waals surface area contributed by atoms with Crippen molar-refractivity contribution in [2.24, 2.45) is 4.99 Å². The molecule has 0 aromatic heterocycles. The zero-order valence-electron chi connectivity index (χ0n) is 13.1. The molecule has 0 aliphatic carbocycles. The zero-order valence-corrected chi connectivity index (χ0v) is 14.7. The molecule has 0 spiro atoms. The zero-order chi connectivity index (χ0) is 16.4. The van der Waals surface area contributed by atoms with Crippen molar-refractivity contribution in [1.82, 2.24) is 0 Å². The van der Waals surface area contributed by atoms with Crippen molar-refractivity contribution >= 4 is 33.0 Å². The van der Waals surface area contributed by atoms with Crippen molar-refractivity contribution in [3.05, 3.63) is 94.5 Å². The van der Waals surface area contributed by atoms with Gasteiger partial charge >= 0.3 is 0 Å². The van der Waals surface area contributed by atoms with Crippen LogP contribution >= 0.6 is 15.9 Å². The van der Waals surface area contributed by atoms with Crippen LogP contribution in [0, 0.1) is 0 Å². The second-order valence-corrected chi connectivity index (χ2v) is 6.81. The summed E-state index contributed by atoms with van der Waals surface area (Å²) in [5.74, 6) is 0. The van der Waals surface area contributed by atoms with Crippen molar-refractivity contribution in [2.75, 3.05) is 5.32 Å². The van der Waals surface area contributed by atoms with Crippen LogP contribution < -0.4 is 5.32 Å². The average Bonchev–Trinajstić information content (AvgIpc) is 2.83. The molecule has 1 N–H and O–H groups in total. The standard InChI is InChI=1S/C21H17BrN2/c22-17-12-10-16(11-13-17)21-14-20(15-6-2-1-3-7-15)23-18-8-4-5-9-19(18)24-21/h1-13,20,23H,14H2/t20-/m0/s1. The summed E-state index contributed by atoms with van der Waals surface area (Å²) in [6.07, 6.45) is 0.848. The number of halogens is 1. The van der Waals surface area contributed by atoms with E-state index in [0.29, 0.717) is 0 Å². The number of nitrogens with zero attached hydrogens (tertiary/aromatic N) is 1. The first kappa shape index (κ1) is 15.2. The van der Waals surface area contributed by atoms with Gasteiger partial charge in [-0.15, -0.1) is 0 Å². The van der Waals surface area contributed by atoms with Crippen molar-refractivity contribution in [3.63, 3.8) is 0 Å².